The second-order valence-electron chi connectivity index (χ2n) is 6.15. The number of sulfone groups is 1. The third-order valence-corrected chi connectivity index (χ3v) is 7.87. The van der Waals surface area contributed by atoms with Crippen molar-refractivity contribution < 1.29 is 13.2 Å². The average Bonchev–Trinajstić information content (AvgIpc) is 3.13. The quantitative estimate of drug-likeness (QED) is 0.834. The molecule has 1 amide bonds. The van der Waals surface area contributed by atoms with Crippen LogP contribution >= 0.6 is 23.7 Å². The molecule has 3 rings (SSSR count). The van der Waals surface area contributed by atoms with Gasteiger partial charge in [0, 0.05) is 36.1 Å². The first-order valence-corrected chi connectivity index (χ1v) is 10.8. The van der Waals surface area contributed by atoms with Crippen LogP contribution in [0.3, 0.4) is 0 Å². The number of piperazine rings is 1. The fourth-order valence-electron chi connectivity index (χ4n) is 2.90. The van der Waals surface area contributed by atoms with Gasteiger partial charge in [-0.2, -0.15) is 0 Å². The topological polar surface area (TPSA) is 66.5 Å². The predicted octanol–water partition coefficient (Wildman–Crippen LogP) is 3.06. The maximum atomic E-state index is 12.8. The van der Waals surface area contributed by atoms with Crippen LogP contribution in [0, 0.1) is 0 Å². The molecule has 1 N–H and O–H groups in total. The van der Waals surface area contributed by atoms with Gasteiger partial charge in [-0.15, -0.1) is 23.7 Å². The lowest BCUT2D eigenvalue weighted by Gasteiger charge is -2.34. The van der Waals surface area contributed by atoms with Crippen molar-refractivity contribution in [2.75, 3.05) is 25.4 Å². The van der Waals surface area contributed by atoms with Gasteiger partial charge in [0.1, 0.15) is 4.21 Å². The highest BCUT2D eigenvalue weighted by atomic mass is 35.5. The van der Waals surface area contributed by atoms with E-state index in [-0.39, 0.29) is 30.1 Å². The number of benzene rings is 1. The number of amides is 1. The molecule has 1 aromatic carbocycles. The maximum absolute atomic E-state index is 12.8. The molecule has 1 atom stereocenters. The summed E-state index contributed by atoms with van der Waals surface area (Å²) in [4.78, 5) is 15.6. The smallest absolute Gasteiger partial charge is 0.254 e. The summed E-state index contributed by atoms with van der Waals surface area (Å²) >= 11 is 1.25. The molecule has 0 aliphatic carbocycles. The lowest BCUT2D eigenvalue weighted by Crippen LogP contribution is -2.52. The largest absolute Gasteiger partial charge is 0.333 e. The van der Waals surface area contributed by atoms with Gasteiger partial charge in [-0.3, -0.25) is 4.79 Å². The molecule has 0 bridgehead atoms. The Hall–Kier alpha value is -1.41. The summed E-state index contributed by atoms with van der Waals surface area (Å²) in [6.07, 6.45) is 0. The van der Waals surface area contributed by atoms with Gasteiger partial charge >= 0.3 is 0 Å². The zero-order valence-electron chi connectivity index (χ0n) is 14.8. The summed E-state index contributed by atoms with van der Waals surface area (Å²) < 4.78 is 24.4. The fraction of sp³-hybridized carbons (Fsp3) is 0.389. The Morgan fingerprint density at radius 2 is 2.08 bits per heavy atom. The molecule has 1 fully saturated rings. The van der Waals surface area contributed by atoms with Gasteiger partial charge in [0.2, 0.25) is 0 Å². The molecule has 142 valence electrons. The minimum Gasteiger partial charge on any atom is -0.333 e. The summed E-state index contributed by atoms with van der Waals surface area (Å²) in [7, 11) is -3.20. The van der Waals surface area contributed by atoms with Crippen LogP contribution in [0.25, 0.3) is 10.4 Å². The van der Waals surface area contributed by atoms with E-state index in [0.717, 1.165) is 23.5 Å². The van der Waals surface area contributed by atoms with Gasteiger partial charge in [-0.05, 0) is 36.8 Å². The normalized spacial score (nSPS) is 17.6. The van der Waals surface area contributed by atoms with Crippen LogP contribution in [0.5, 0.6) is 0 Å². The molecule has 0 spiro atoms. The summed E-state index contributed by atoms with van der Waals surface area (Å²) in [6.45, 7) is 5.98. The first kappa shape index (κ1) is 20.9. The number of rotatable bonds is 4. The van der Waals surface area contributed by atoms with Crippen molar-refractivity contribution >= 4 is 39.5 Å². The number of carbonyl (C=O) groups is 1. The maximum Gasteiger partial charge on any atom is 0.254 e. The summed E-state index contributed by atoms with van der Waals surface area (Å²) in [5.41, 5.74) is 1.51. The standard InChI is InChI=1S/C18H22N2O3S2.ClH/c1-3-25(22,23)17-8-7-16(24-17)14-5-4-6-15(11-14)18(21)20-10-9-19-12-13(20)2;/h4-8,11,13,19H,3,9-10,12H2,1-2H3;1H. The first-order valence-electron chi connectivity index (χ1n) is 8.37. The van der Waals surface area contributed by atoms with Crippen LogP contribution in [-0.2, 0) is 9.84 Å². The molecule has 2 aromatic rings. The van der Waals surface area contributed by atoms with Gasteiger partial charge < -0.3 is 10.2 Å². The van der Waals surface area contributed by atoms with E-state index >= 15 is 0 Å². The molecule has 8 heteroatoms. The first-order chi connectivity index (χ1) is 11.9. The van der Waals surface area contributed by atoms with Gasteiger partial charge in [0.05, 0.1) is 5.75 Å². The van der Waals surface area contributed by atoms with Crippen molar-refractivity contribution in [2.45, 2.75) is 24.1 Å². The fourth-order valence-corrected chi connectivity index (χ4v) is 5.32. The minimum atomic E-state index is -3.20. The van der Waals surface area contributed by atoms with Gasteiger partial charge in [0.15, 0.2) is 9.84 Å². The van der Waals surface area contributed by atoms with Crippen LogP contribution in [0.15, 0.2) is 40.6 Å². The van der Waals surface area contributed by atoms with E-state index in [1.54, 1.807) is 13.0 Å². The zero-order chi connectivity index (χ0) is 18.0. The molecule has 2 heterocycles. The van der Waals surface area contributed by atoms with Crippen LogP contribution in [0.4, 0.5) is 0 Å². The molecule has 26 heavy (non-hydrogen) atoms. The molecule has 1 unspecified atom stereocenters. The Labute approximate surface area is 164 Å². The summed E-state index contributed by atoms with van der Waals surface area (Å²) in [5.74, 6) is 0.112. The number of nitrogens with zero attached hydrogens (tertiary/aromatic N) is 1. The van der Waals surface area contributed by atoms with E-state index in [4.69, 9.17) is 0 Å². The number of nitrogens with one attached hydrogen (secondary N) is 1. The molecular formula is C18H23ClN2O3S2. The van der Waals surface area contributed by atoms with Gasteiger partial charge in [0.25, 0.3) is 5.91 Å². The Morgan fingerprint density at radius 1 is 1.31 bits per heavy atom. The second kappa shape index (κ2) is 8.52. The van der Waals surface area contributed by atoms with E-state index < -0.39 is 9.84 Å². The molecule has 1 aliphatic heterocycles. The van der Waals surface area contributed by atoms with Crippen molar-refractivity contribution in [3.63, 3.8) is 0 Å². The third kappa shape index (κ3) is 4.28. The monoisotopic (exact) mass is 414 g/mol. The molecule has 1 aliphatic rings. The zero-order valence-corrected chi connectivity index (χ0v) is 17.2. The van der Waals surface area contributed by atoms with E-state index in [1.165, 1.54) is 11.3 Å². The van der Waals surface area contributed by atoms with E-state index in [1.807, 2.05) is 42.2 Å². The van der Waals surface area contributed by atoms with Crippen molar-refractivity contribution in [3.05, 3.63) is 42.0 Å². The number of halogens is 1. The van der Waals surface area contributed by atoms with E-state index in [9.17, 15) is 13.2 Å². The Bertz CT molecular complexity index is 880. The van der Waals surface area contributed by atoms with Crippen LogP contribution in [0.1, 0.15) is 24.2 Å². The van der Waals surface area contributed by atoms with E-state index in [2.05, 4.69) is 5.32 Å². The Balaban J connectivity index is 0.00000243. The Kier molecular flexibility index (Phi) is 6.85. The number of hydrogen-bond donors (Lipinski definition) is 1. The van der Waals surface area contributed by atoms with Crippen molar-refractivity contribution in [2.24, 2.45) is 0 Å². The lowest BCUT2D eigenvalue weighted by molar-refractivity contribution is 0.0656. The van der Waals surface area contributed by atoms with Crippen LogP contribution in [-0.4, -0.2) is 50.7 Å². The molecular weight excluding hydrogens is 392 g/mol. The van der Waals surface area contributed by atoms with Crippen molar-refractivity contribution in [1.82, 2.24) is 10.2 Å². The lowest BCUT2D eigenvalue weighted by atomic mass is 10.1. The summed E-state index contributed by atoms with van der Waals surface area (Å²) in [5, 5.41) is 3.28. The van der Waals surface area contributed by atoms with Crippen LogP contribution in [0.2, 0.25) is 0 Å². The van der Waals surface area contributed by atoms with Crippen LogP contribution < -0.4 is 5.32 Å². The number of carbonyl (C=O) groups excluding carboxylic acids is 1. The van der Waals surface area contributed by atoms with Crippen molar-refractivity contribution in [3.8, 4) is 10.4 Å². The SMILES string of the molecule is CCS(=O)(=O)c1ccc(-c2cccc(C(=O)N3CCNCC3C)c2)s1.Cl. The van der Waals surface area contributed by atoms with Gasteiger partial charge in [-0.1, -0.05) is 19.1 Å². The summed E-state index contributed by atoms with van der Waals surface area (Å²) in [6, 6.07) is 11.0. The second-order valence-corrected chi connectivity index (χ2v) is 9.74. The predicted molar refractivity (Wildman–Crippen MR) is 108 cm³/mol. The minimum absolute atomic E-state index is 0. The van der Waals surface area contributed by atoms with Gasteiger partial charge in [-0.25, -0.2) is 8.42 Å². The highest BCUT2D eigenvalue weighted by molar-refractivity contribution is 7.93. The molecule has 0 saturated carbocycles. The molecule has 1 saturated heterocycles. The Morgan fingerprint density at radius 3 is 2.77 bits per heavy atom. The third-order valence-electron chi connectivity index (χ3n) is 4.42. The molecule has 1 aromatic heterocycles. The number of hydrogen-bond acceptors (Lipinski definition) is 5. The van der Waals surface area contributed by atoms with E-state index in [0.29, 0.717) is 16.3 Å². The molecule has 0 radical (unpaired) electrons. The number of thiophene rings is 1. The highest BCUT2D eigenvalue weighted by Crippen LogP contribution is 2.32. The van der Waals surface area contributed by atoms with Crippen molar-refractivity contribution in [1.29, 1.82) is 0 Å². The average molecular weight is 415 g/mol. The highest BCUT2D eigenvalue weighted by Gasteiger charge is 2.24. The molecule has 5 nitrogen and oxygen atoms in total.